The number of rotatable bonds is 7. The fourth-order valence-electron chi connectivity index (χ4n) is 1.93. The second-order valence-corrected chi connectivity index (χ2v) is 3.95. The summed E-state index contributed by atoms with van der Waals surface area (Å²) in [4.78, 5) is 0. The molecule has 1 heterocycles. The van der Waals surface area contributed by atoms with E-state index in [0.717, 1.165) is 19.4 Å². The highest BCUT2D eigenvalue weighted by Gasteiger charge is 2.15. The van der Waals surface area contributed by atoms with Gasteiger partial charge in [0.15, 0.2) is 0 Å². The molecule has 82 valence electrons. The summed E-state index contributed by atoms with van der Waals surface area (Å²) in [5.41, 5.74) is 2.82. The molecule has 1 aliphatic heterocycles. The number of nitrogens with two attached hydrogens (primary N) is 1. The lowest BCUT2D eigenvalue weighted by molar-refractivity contribution is 0.101. The fourth-order valence-corrected chi connectivity index (χ4v) is 1.93. The molecule has 0 aliphatic carbocycles. The van der Waals surface area contributed by atoms with Crippen LogP contribution in [0.4, 0.5) is 0 Å². The zero-order chi connectivity index (χ0) is 10.2. The van der Waals surface area contributed by atoms with E-state index in [0.29, 0.717) is 12.1 Å². The standard InChI is InChI=1S/C11H22N2O/c1-2-5-10(13-12)6-3-7-11-8-4-9-14-11/h2,10-11,13H,1,3-9,12H2. The van der Waals surface area contributed by atoms with Gasteiger partial charge in [-0.05, 0) is 38.5 Å². The molecular formula is C11H22N2O. The van der Waals surface area contributed by atoms with E-state index < -0.39 is 0 Å². The molecule has 0 saturated carbocycles. The summed E-state index contributed by atoms with van der Waals surface area (Å²) in [5, 5.41) is 0. The summed E-state index contributed by atoms with van der Waals surface area (Å²) in [6.45, 7) is 4.67. The van der Waals surface area contributed by atoms with Gasteiger partial charge in [0, 0.05) is 12.6 Å². The highest BCUT2D eigenvalue weighted by Crippen LogP contribution is 2.18. The summed E-state index contributed by atoms with van der Waals surface area (Å²) in [7, 11) is 0. The molecule has 3 N–H and O–H groups in total. The third-order valence-corrected chi connectivity index (χ3v) is 2.79. The zero-order valence-corrected chi connectivity index (χ0v) is 8.87. The van der Waals surface area contributed by atoms with E-state index in [1.807, 2.05) is 6.08 Å². The van der Waals surface area contributed by atoms with E-state index in [1.54, 1.807) is 0 Å². The van der Waals surface area contributed by atoms with Crippen molar-refractivity contribution in [1.29, 1.82) is 0 Å². The first-order valence-corrected chi connectivity index (χ1v) is 5.55. The Labute approximate surface area is 86.7 Å². The fraction of sp³-hybridized carbons (Fsp3) is 0.818. The molecule has 0 aromatic heterocycles. The smallest absolute Gasteiger partial charge is 0.0576 e. The van der Waals surface area contributed by atoms with Gasteiger partial charge in [-0.2, -0.15) is 0 Å². The Hall–Kier alpha value is -0.380. The van der Waals surface area contributed by atoms with Gasteiger partial charge >= 0.3 is 0 Å². The highest BCUT2D eigenvalue weighted by molar-refractivity contribution is 4.77. The maximum absolute atomic E-state index is 5.56. The maximum atomic E-state index is 5.56. The third-order valence-electron chi connectivity index (χ3n) is 2.79. The molecule has 3 heteroatoms. The van der Waals surface area contributed by atoms with Crippen molar-refractivity contribution in [3.8, 4) is 0 Å². The Morgan fingerprint density at radius 3 is 3.07 bits per heavy atom. The van der Waals surface area contributed by atoms with Crippen molar-refractivity contribution >= 4 is 0 Å². The molecule has 1 saturated heterocycles. The zero-order valence-electron chi connectivity index (χ0n) is 8.87. The maximum Gasteiger partial charge on any atom is 0.0576 e. The first-order valence-electron chi connectivity index (χ1n) is 5.55. The van der Waals surface area contributed by atoms with Crippen molar-refractivity contribution in [2.45, 2.75) is 50.7 Å². The molecule has 14 heavy (non-hydrogen) atoms. The van der Waals surface area contributed by atoms with Gasteiger partial charge in [-0.3, -0.25) is 11.3 Å². The Bertz CT molecular complexity index is 155. The molecule has 0 spiro atoms. The summed E-state index contributed by atoms with van der Waals surface area (Å²) in [6, 6.07) is 0.383. The first kappa shape index (κ1) is 11.7. The summed E-state index contributed by atoms with van der Waals surface area (Å²) in [6.07, 6.45) is 9.32. The summed E-state index contributed by atoms with van der Waals surface area (Å²) < 4.78 is 5.56. The van der Waals surface area contributed by atoms with Gasteiger partial charge in [0.1, 0.15) is 0 Å². The lowest BCUT2D eigenvalue weighted by Crippen LogP contribution is -2.34. The normalized spacial score (nSPS) is 23.6. The second kappa shape index (κ2) is 6.98. The summed E-state index contributed by atoms with van der Waals surface area (Å²) >= 11 is 0. The number of ether oxygens (including phenoxy) is 1. The molecule has 0 radical (unpaired) electrons. The van der Waals surface area contributed by atoms with Crippen molar-refractivity contribution < 1.29 is 4.74 Å². The topological polar surface area (TPSA) is 47.3 Å². The number of hydrazine groups is 1. The van der Waals surface area contributed by atoms with Crippen LogP contribution >= 0.6 is 0 Å². The lowest BCUT2D eigenvalue weighted by Gasteiger charge is -2.15. The first-order chi connectivity index (χ1) is 6.86. The number of nitrogens with one attached hydrogen (secondary N) is 1. The Morgan fingerprint density at radius 2 is 2.50 bits per heavy atom. The number of hydrogen-bond acceptors (Lipinski definition) is 3. The van der Waals surface area contributed by atoms with Gasteiger partial charge in [0.05, 0.1) is 6.10 Å². The van der Waals surface area contributed by atoms with Gasteiger partial charge in [-0.1, -0.05) is 6.08 Å². The Kier molecular flexibility index (Phi) is 5.83. The Morgan fingerprint density at radius 1 is 1.64 bits per heavy atom. The lowest BCUT2D eigenvalue weighted by atomic mass is 10.0. The molecule has 2 atom stereocenters. The average molecular weight is 198 g/mol. The molecule has 2 unspecified atom stereocenters. The van der Waals surface area contributed by atoms with Crippen LogP contribution in [0.1, 0.15) is 38.5 Å². The van der Waals surface area contributed by atoms with Crippen molar-refractivity contribution in [3.05, 3.63) is 12.7 Å². The van der Waals surface area contributed by atoms with E-state index in [-0.39, 0.29) is 0 Å². The largest absolute Gasteiger partial charge is 0.378 e. The van der Waals surface area contributed by atoms with E-state index in [1.165, 1.54) is 25.7 Å². The van der Waals surface area contributed by atoms with Gasteiger partial charge in [-0.15, -0.1) is 6.58 Å². The predicted octanol–water partition coefficient (Wildman–Crippen LogP) is 1.74. The van der Waals surface area contributed by atoms with E-state index in [2.05, 4.69) is 12.0 Å². The molecular weight excluding hydrogens is 176 g/mol. The molecule has 0 amide bonds. The summed E-state index contributed by atoms with van der Waals surface area (Å²) in [5.74, 6) is 5.42. The third kappa shape index (κ3) is 4.22. The molecule has 0 aromatic rings. The molecule has 0 aromatic carbocycles. The molecule has 3 nitrogen and oxygen atoms in total. The van der Waals surface area contributed by atoms with E-state index in [9.17, 15) is 0 Å². The van der Waals surface area contributed by atoms with Crippen LogP contribution in [0.3, 0.4) is 0 Å². The number of hydrogen-bond donors (Lipinski definition) is 2. The molecule has 1 aliphatic rings. The van der Waals surface area contributed by atoms with Crippen molar-refractivity contribution in [2.75, 3.05) is 6.61 Å². The van der Waals surface area contributed by atoms with Crippen LogP contribution in [0, 0.1) is 0 Å². The van der Waals surface area contributed by atoms with Gasteiger partial charge in [-0.25, -0.2) is 0 Å². The van der Waals surface area contributed by atoms with Crippen LogP contribution in [-0.2, 0) is 4.74 Å². The van der Waals surface area contributed by atoms with Gasteiger partial charge in [0.25, 0.3) is 0 Å². The average Bonchev–Trinajstić information content (AvgIpc) is 2.69. The van der Waals surface area contributed by atoms with Crippen LogP contribution in [0.5, 0.6) is 0 Å². The quantitative estimate of drug-likeness (QED) is 0.372. The van der Waals surface area contributed by atoms with Crippen LogP contribution in [0.15, 0.2) is 12.7 Å². The van der Waals surface area contributed by atoms with E-state index >= 15 is 0 Å². The second-order valence-electron chi connectivity index (χ2n) is 3.95. The van der Waals surface area contributed by atoms with Crippen LogP contribution < -0.4 is 11.3 Å². The van der Waals surface area contributed by atoms with Gasteiger partial charge in [0.2, 0.25) is 0 Å². The van der Waals surface area contributed by atoms with Crippen LogP contribution in [0.2, 0.25) is 0 Å². The minimum Gasteiger partial charge on any atom is -0.378 e. The molecule has 0 bridgehead atoms. The minimum absolute atomic E-state index is 0.383. The SMILES string of the molecule is C=CCC(CCCC1CCCO1)NN. The van der Waals surface area contributed by atoms with Gasteiger partial charge < -0.3 is 4.74 Å². The predicted molar refractivity (Wildman–Crippen MR) is 58.8 cm³/mol. The molecule has 1 rings (SSSR count). The van der Waals surface area contributed by atoms with Crippen LogP contribution in [-0.4, -0.2) is 18.8 Å². The highest BCUT2D eigenvalue weighted by atomic mass is 16.5. The van der Waals surface area contributed by atoms with Crippen LogP contribution in [0.25, 0.3) is 0 Å². The monoisotopic (exact) mass is 198 g/mol. The Balaban J connectivity index is 2.02. The molecule has 1 fully saturated rings. The van der Waals surface area contributed by atoms with Crippen molar-refractivity contribution in [3.63, 3.8) is 0 Å². The minimum atomic E-state index is 0.383. The van der Waals surface area contributed by atoms with Crippen molar-refractivity contribution in [1.82, 2.24) is 5.43 Å². The van der Waals surface area contributed by atoms with E-state index in [4.69, 9.17) is 10.6 Å². The van der Waals surface area contributed by atoms with Crippen molar-refractivity contribution in [2.24, 2.45) is 5.84 Å².